The monoisotopic (exact) mass is 254 g/mol. The average Bonchev–Trinajstić information content (AvgIpc) is 2.77. The summed E-state index contributed by atoms with van der Waals surface area (Å²) < 4.78 is 5.54. The number of aromatic nitrogens is 2. The molecule has 1 aromatic heterocycles. The van der Waals surface area contributed by atoms with E-state index in [9.17, 15) is 0 Å². The number of nitrogens with zero attached hydrogens (tertiary/aromatic N) is 3. The van der Waals surface area contributed by atoms with E-state index < -0.39 is 0 Å². The van der Waals surface area contributed by atoms with Crippen LogP contribution in [-0.2, 0) is 6.54 Å². The van der Waals surface area contributed by atoms with Gasteiger partial charge in [0.1, 0.15) is 0 Å². The summed E-state index contributed by atoms with van der Waals surface area (Å²) in [6.07, 6.45) is 2.25. The Bertz CT molecular complexity index is 323. The highest BCUT2D eigenvalue weighted by molar-refractivity contribution is 5.23. The van der Waals surface area contributed by atoms with E-state index >= 15 is 0 Å². The Morgan fingerprint density at radius 2 is 1.61 bits per heavy atom. The van der Waals surface area contributed by atoms with Crippen LogP contribution in [0.2, 0.25) is 0 Å². The molecule has 0 aliphatic carbocycles. The first kappa shape index (κ1) is 15.0. The second-order valence-electron chi connectivity index (χ2n) is 5.53. The molecule has 1 heterocycles. The number of rotatable bonds is 8. The summed E-state index contributed by atoms with van der Waals surface area (Å²) in [5.74, 6) is 1.84. The molecule has 0 aromatic carbocycles. The standard InChI is InChI=1S/C13H26N4O/c1-10(2)5-7-17(8-6-11(3)4)13-16-15-12(9-14)18-13/h10-11H,5-9,14H2,1-4H3. The number of hydrogen-bond acceptors (Lipinski definition) is 5. The number of anilines is 1. The van der Waals surface area contributed by atoms with E-state index in [-0.39, 0.29) is 0 Å². The molecular weight excluding hydrogens is 228 g/mol. The van der Waals surface area contributed by atoms with Gasteiger partial charge >= 0.3 is 6.01 Å². The molecule has 0 bridgehead atoms. The number of nitrogens with two attached hydrogens (primary N) is 1. The minimum atomic E-state index is 0.301. The Morgan fingerprint density at radius 1 is 1.06 bits per heavy atom. The van der Waals surface area contributed by atoms with Crippen LogP contribution in [0.3, 0.4) is 0 Å². The lowest BCUT2D eigenvalue weighted by atomic mass is 10.1. The van der Waals surface area contributed by atoms with Gasteiger partial charge in [0.25, 0.3) is 0 Å². The highest BCUT2D eigenvalue weighted by atomic mass is 16.4. The van der Waals surface area contributed by atoms with Crippen molar-refractivity contribution in [2.24, 2.45) is 17.6 Å². The molecule has 0 saturated heterocycles. The minimum absolute atomic E-state index is 0.301. The molecule has 0 spiro atoms. The maximum absolute atomic E-state index is 5.54. The van der Waals surface area contributed by atoms with Crippen LogP contribution in [0.5, 0.6) is 0 Å². The fourth-order valence-electron chi connectivity index (χ4n) is 1.59. The lowest BCUT2D eigenvalue weighted by molar-refractivity contribution is 0.460. The molecule has 0 atom stereocenters. The van der Waals surface area contributed by atoms with Gasteiger partial charge in [-0.15, -0.1) is 5.10 Å². The maximum Gasteiger partial charge on any atom is 0.318 e. The molecule has 0 aliphatic rings. The smallest absolute Gasteiger partial charge is 0.318 e. The minimum Gasteiger partial charge on any atom is -0.407 e. The van der Waals surface area contributed by atoms with Crippen LogP contribution < -0.4 is 10.6 Å². The molecule has 0 unspecified atom stereocenters. The van der Waals surface area contributed by atoms with E-state index in [1.165, 1.54) is 0 Å². The summed E-state index contributed by atoms with van der Waals surface area (Å²) in [5, 5.41) is 8.00. The molecule has 104 valence electrons. The zero-order chi connectivity index (χ0) is 13.5. The SMILES string of the molecule is CC(C)CCN(CCC(C)C)c1nnc(CN)o1. The van der Waals surface area contributed by atoms with Crippen molar-refractivity contribution >= 4 is 6.01 Å². The van der Waals surface area contributed by atoms with Crippen molar-refractivity contribution in [2.75, 3.05) is 18.0 Å². The van der Waals surface area contributed by atoms with Gasteiger partial charge in [0.05, 0.1) is 6.54 Å². The van der Waals surface area contributed by atoms with Crippen molar-refractivity contribution in [3.8, 4) is 0 Å². The second kappa shape index (κ2) is 7.36. The highest BCUT2D eigenvalue weighted by Crippen LogP contribution is 2.16. The van der Waals surface area contributed by atoms with Crippen LogP contribution >= 0.6 is 0 Å². The zero-order valence-electron chi connectivity index (χ0n) is 12.0. The van der Waals surface area contributed by atoms with Crippen molar-refractivity contribution in [1.82, 2.24) is 10.2 Å². The summed E-state index contributed by atoms with van der Waals surface area (Å²) in [7, 11) is 0. The lowest BCUT2D eigenvalue weighted by Gasteiger charge is -2.22. The normalized spacial score (nSPS) is 11.5. The molecule has 0 radical (unpaired) electrons. The number of hydrogen-bond donors (Lipinski definition) is 1. The summed E-state index contributed by atoms with van der Waals surface area (Å²) in [6, 6.07) is 0.608. The van der Waals surface area contributed by atoms with Gasteiger partial charge in [0.2, 0.25) is 5.89 Å². The van der Waals surface area contributed by atoms with E-state index in [0.29, 0.717) is 30.3 Å². The predicted molar refractivity (Wildman–Crippen MR) is 73.3 cm³/mol. The Morgan fingerprint density at radius 3 is 2.00 bits per heavy atom. The largest absolute Gasteiger partial charge is 0.407 e. The third-order valence-electron chi connectivity index (χ3n) is 2.85. The molecule has 0 aliphatic heterocycles. The van der Waals surface area contributed by atoms with Crippen molar-refractivity contribution in [3.05, 3.63) is 5.89 Å². The van der Waals surface area contributed by atoms with Gasteiger partial charge in [-0.05, 0) is 24.7 Å². The van der Waals surface area contributed by atoms with Crippen LogP contribution in [0, 0.1) is 11.8 Å². The molecule has 1 rings (SSSR count). The Kier molecular flexibility index (Phi) is 6.12. The first-order valence-electron chi connectivity index (χ1n) is 6.80. The summed E-state index contributed by atoms with van der Waals surface area (Å²) in [4.78, 5) is 2.17. The second-order valence-corrected chi connectivity index (χ2v) is 5.53. The van der Waals surface area contributed by atoms with Crippen LogP contribution in [0.25, 0.3) is 0 Å². The van der Waals surface area contributed by atoms with Gasteiger partial charge in [-0.1, -0.05) is 32.8 Å². The van der Waals surface area contributed by atoms with E-state index in [2.05, 4.69) is 42.8 Å². The van der Waals surface area contributed by atoms with Gasteiger partial charge in [0.15, 0.2) is 0 Å². The predicted octanol–water partition coefficient (Wildman–Crippen LogP) is 2.43. The van der Waals surface area contributed by atoms with Crippen LogP contribution in [0.1, 0.15) is 46.4 Å². The summed E-state index contributed by atoms with van der Waals surface area (Å²) >= 11 is 0. The van der Waals surface area contributed by atoms with Gasteiger partial charge in [0, 0.05) is 13.1 Å². The molecule has 5 heteroatoms. The molecule has 5 nitrogen and oxygen atoms in total. The molecular formula is C13H26N4O. The molecule has 0 amide bonds. The highest BCUT2D eigenvalue weighted by Gasteiger charge is 2.14. The molecule has 2 N–H and O–H groups in total. The Labute approximate surface area is 110 Å². The Hall–Kier alpha value is -1.10. The van der Waals surface area contributed by atoms with Crippen molar-refractivity contribution in [1.29, 1.82) is 0 Å². The Balaban J connectivity index is 2.62. The quantitative estimate of drug-likeness (QED) is 0.771. The van der Waals surface area contributed by atoms with Crippen LogP contribution in [-0.4, -0.2) is 23.3 Å². The third kappa shape index (κ3) is 5.04. The van der Waals surface area contributed by atoms with Gasteiger partial charge in [-0.25, -0.2) is 0 Å². The van der Waals surface area contributed by atoms with E-state index in [4.69, 9.17) is 10.2 Å². The van der Waals surface area contributed by atoms with Gasteiger partial charge in [-0.2, -0.15) is 0 Å². The van der Waals surface area contributed by atoms with Crippen LogP contribution in [0.4, 0.5) is 6.01 Å². The molecule has 0 fully saturated rings. The van der Waals surface area contributed by atoms with Crippen LogP contribution in [0.15, 0.2) is 4.42 Å². The van der Waals surface area contributed by atoms with E-state index in [1.54, 1.807) is 0 Å². The topological polar surface area (TPSA) is 68.2 Å². The van der Waals surface area contributed by atoms with Crippen molar-refractivity contribution in [2.45, 2.75) is 47.1 Å². The first-order valence-corrected chi connectivity index (χ1v) is 6.80. The molecule has 18 heavy (non-hydrogen) atoms. The lowest BCUT2D eigenvalue weighted by Crippen LogP contribution is -2.27. The molecule has 0 saturated carbocycles. The average molecular weight is 254 g/mol. The maximum atomic E-state index is 5.54. The first-order chi connectivity index (χ1) is 8.52. The van der Waals surface area contributed by atoms with E-state index in [1.807, 2.05) is 0 Å². The fraction of sp³-hybridized carbons (Fsp3) is 0.846. The van der Waals surface area contributed by atoms with Crippen molar-refractivity contribution < 1.29 is 4.42 Å². The van der Waals surface area contributed by atoms with Crippen molar-refractivity contribution in [3.63, 3.8) is 0 Å². The summed E-state index contributed by atoms with van der Waals surface area (Å²) in [6.45, 7) is 11.1. The zero-order valence-corrected chi connectivity index (χ0v) is 12.0. The van der Waals surface area contributed by atoms with Gasteiger partial charge in [-0.3, -0.25) is 0 Å². The van der Waals surface area contributed by atoms with Gasteiger partial charge < -0.3 is 15.1 Å². The third-order valence-corrected chi connectivity index (χ3v) is 2.85. The van der Waals surface area contributed by atoms with E-state index in [0.717, 1.165) is 25.9 Å². The summed E-state index contributed by atoms with van der Waals surface area (Å²) in [5.41, 5.74) is 5.49. The molecule has 1 aromatic rings. The fourth-order valence-corrected chi connectivity index (χ4v) is 1.59.